The Kier molecular flexibility index (Phi) is 10.7. The first-order valence-electron chi connectivity index (χ1n) is 13.9. The molecule has 10 nitrogen and oxygen atoms in total. The Balaban J connectivity index is 0.000000748. The van der Waals surface area contributed by atoms with E-state index >= 15 is 0 Å². The number of rotatable bonds is 8. The van der Waals surface area contributed by atoms with Gasteiger partial charge in [0.1, 0.15) is 0 Å². The van der Waals surface area contributed by atoms with Crippen molar-refractivity contribution in [1.82, 2.24) is 24.8 Å². The topological polar surface area (TPSA) is 124 Å². The Morgan fingerprint density at radius 2 is 1.71 bits per heavy atom. The van der Waals surface area contributed by atoms with E-state index in [1.165, 1.54) is 5.56 Å². The minimum Gasteiger partial charge on any atom is -0.481 e. The van der Waals surface area contributed by atoms with Crippen molar-refractivity contribution in [2.75, 3.05) is 43.9 Å². The lowest BCUT2D eigenvalue weighted by Crippen LogP contribution is -2.43. The molecule has 1 aliphatic rings. The number of pyridine rings is 1. The van der Waals surface area contributed by atoms with Gasteiger partial charge in [-0.1, -0.05) is 25.1 Å². The van der Waals surface area contributed by atoms with Crippen LogP contribution in [-0.2, 0) is 11.3 Å². The molecule has 1 saturated heterocycles. The van der Waals surface area contributed by atoms with E-state index in [0.717, 1.165) is 55.2 Å². The van der Waals surface area contributed by atoms with Gasteiger partial charge in [0.25, 0.3) is 5.91 Å². The van der Waals surface area contributed by atoms with Crippen LogP contribution in [0, 0.1) is 6.92 Å². The van der Waals surface area contributed by atoms with E-state index in [1.54, 1.807) is 25.5 Å². The highest BCUT2D eigenvalue weighted by Crippen LogP contribution is 2.24. The van der Waals surface area contributed by atoms with Gasteiger partial charge in [0.2, 0.25) is 5.95 Å². The number of aryl methyl sites for hydroxylation is 1. The van der Waals surface area contributed by atoms with Gasteiger partial charge in [0, 0.05) is 80.2 Å². The summed E-state index contributed by atoms with van der Waals surface area (Å²) in [4.78, 5) is 40.2. The van der Waals surface area contributed by atoms with Crippen molar-refractivity contribution >= 4 is 29.2 Å². The molecule has 2 aromatic heterocycles. The van der Waals surface area contributed by atoms with Crippen LogP contribution in [0.25, 0.3) is 11.3 Å². The number of anilines is 3. The zero-order valence-corrected chi connectivity index (χ0v) is 24.2. The SMILES string of the molecule is CCC(=O)O.Cc1ccc(NC(=O)c2ccc(CN3CCN(C)CC3)cc2)cc1Nc1nccc(-c2cccnc2)n1. The first-order chi connectivity index (χ1) is 20.3. The second kappa shape index (κ2) is 14.8. The van der Waals surface area contributed by atoms with E-state index in [1.807, 2.05) is 67.6 Å². The van der Waals surface area contributed by atoms with Crippen LogP contribution in [0.3, 0.4) is 0 Å². The summed E-state index contributed by atoms with van der Waals surface area (Å²) in [7, 11) is 2.16. The summed E-state index contributed by atoms with van der Waals surface area (Å²) in [6.07, 6.45) is 5.44. The summed E-state index contributed by atoms with van der Waals surface area (Å²) in [5.74, 6) is -0.412. The lowest BCUT2D eigenvalue weighted by Gasteiger charge is -2.32. The largest absolute Gasteiger partial charge is 0.481 e. The van der Waals surface area contributed by atoms with Gasteiger partial charge in [-0.25, -0.2) is 9.97 Å². The Morgan fingerprint density at radius 3 is 2.38 bits per heavy atom. The number of piperazine rings is 1. The molecule has 10 heteroatoms. The number of amides is 1. The minimum atomic E-state index is -0.745. The zero-order valence-electron chi connectivity index (χ0n) is 24.2. The molecule has 4 aromatic rings. The van der Waals surface area contributed by atoms with Gasteiger partial charge < -0.3 is 20.6 Å². The van der Waals surface area contributed by atoms with Crippen molar-refractivity contribution in [3.05, 3.63) is 95.9 Å². The fraction of sp³-hybridized carbons (Fsp3) is 0.281. The minimum absolute atomic E-state index is 0.143. The van der Waals surface area contributed by atoms with Crippen molar-refractivity contribution in [3.63, 3.8) is 0 Å². The average molecular weight is 568 g/mol. The first kappa shape index (κ1) is 30.3. The van der Waals surface area contributed by atoms with Crippen LogP contribution >= 0.6 is 0 Å². The fourth-order valence-corrected chi connectivity index (χ4v) is 4.28. The third-order valence-corrected chi connectivity index (χ3v) is 6.88. The maximum Gasteiger partial charge on any atom is 0.303 e. The molecular weight excluding hydrogens is 530 g/mol. The number of likely N-dealkylation sites (N-methyl/N-ethyl adjacent to an activating group) is 1. The maximum atomic E-state index is 12.9. The highest BCUT2D eigenvalue weighted by Gasteiger charge is 2.14. The molecule has 3 N–H and O–H groups in total. The fourth-order valence-electron chi connectivity index (χ4n) is 4.28. The number of nitrogens with zero attached hydrogens (tertiary/aromatic N) is 5. The van der Waals surface area contributed by atoms with Crippen LogP contribution in [0.15, 0.2) is 79.3 Å². The molecule has 0 aliphatic carbocycles. The molecule has 3 heterocycles. The third-order valence-electron chi connectivity index (χ3n) is 6.88. The third kappa shape index (κ3) is 8.92. The molecule has 218 valence electrons. The number of benzene rings is 2. The Bertz CT molecular complexity index is 1470. The van der Waals surface area contributed by atoms with Crippen molar-refractivity contribution < 1.29 is 14.7 Å². The number of aromatic nitrogens is 3. The molecule has 42 heavy (non-hydrogen) atoms. The lowest BCUT2D eigenvalue weighted by atomic mass is 10.1. The van der Waals surface area contributed by atoms with E-state index in [4.69, 9.17) is 5.11 Å². The number of carboxylic acids is 1. The van der Waals surface area contributed by atoms with Crippen LogP contribution in [0.5, 0.6) is 0 Å². The Labute approximate surface area is 246 Å². The molecule has 0 atom stereocenters. The number of aliphatic carboxylic acids is 1. The van der Waals surface area contributed by atoms with Crippen LogP contribution in [-0.4, -0.2) is 75.0 Å². The second-order valence-electron chi connectivity index (χ2n) is 10.1. The molecule has 1 aliphatic heterocycles. The van der Waals surface area contributed by atoms with Gasteiger partial charge in [-0.2, -0.15) is 0 Å². The number of hydrogen-bond donors (Lipinski definition) is 3. The van der Waals surface area contributed by atoms with Crippen LogP contribution in [0.1, 0.15) is 34.8 Å². The number of nitrogens with one attached hydrogen (secondary N) is 2. The molecule has 5 rings (SSSR count). The standard InChI is InChI=1S/C29H31N7O.C3H6O2/c1-21-5-10-25(18-27(21)34-29-31-13-11-26(33-29)24-4-3-12-30-19-24)32-28(37)23-8-6-22(7-9-23)20-36-16-14-35(2)15-17-36;1-2-3(4)5/h3-13,18-19H,14-17,20H2,1-2H3,(H,32,37)(H,31,33,34);2H2,1H3,(H,4,5). The molecule has 0 spiro atoms. The van der Waals surface area contributed by atoms with Gasteiger partial charge in [-0.3, -0.25) is 19.5 Å². The van der Waals surface area contributed by atoms with Crippen LogP contribution < -0.4 is 10.6 Å². The summed E-state index contributed by atoms with van der Waals surface area (Å²) in [6, 6.07) is 19.3. The van der Waals surface area contributed by atoms with Gasteiger partial charge in [0.05, 0.1) is 5.69 Å². The lowest BCUT2D eigenvalue weighted by molar-refractivity contribution is -0.136. The molecule has 0 bridgehead atoms. The monoisotopic (exact) mass is 567 g/mol. The highest BCUT2D eigenvalue weighted by atomic mass is 16.4. The normalized spacial score (nSPS) is 13.5. The summed E-state index contributed by atoms with van der Waals surface area (Å²) < 4.78 is 0. The van der Waals surface area contributed by atoms with E-state index in [0.29, 0.717) is 17.2 Å². The van der Waals surface area contributed by atoms with E-state index in [-0.39, 0.29) is 12.3 Å². The smallest absolute Gasteiger partial charge is 0.303 e. The van der Waals surface area contributed by atoms with Gasteiger partial charge in [0.15, 0.2) is 0 Å². The molecule has 0 radical (unpaired) electrons. The molecular formula is C32H37N7O3. The number of carboxylic acid groups (broad SMARTS) is 1. The summed E-state index contributed by atoms with van der Waals surface area (Å²) in [5.41, 5.74) is 6.08. The quantitative estimate of drug-likeness (QED) is 0.268. The summed E-state index contributed by atoms with van der Waals surface area (Å²) in [6.45, 7) is 8.83. The number of carbonyl (C=O) groups is 2. The van der Waals surface area contributed by atoms with E-state index < -0.39 is 5.97 Å². The average Bonchev–Trinajstić information content (AvgIpc) is 3.01. The highest BCUT2D eigenvalue weighted by molar-refractivity contribution is 6.04. The maximum absolute atomic E-state index is 12.9. The zero-order chi connectivity index (χ0) is 29.9. The second-order valence-corrected chi connectivity index (χ2v) is 10.1. The Hall–Kier alpha value is -4.67. The van der Waals surface area contributed by atoms with E-state index in [2.05, 4.69) is 42.4 Å². The summed E-state index contributed by atoms with van der Waals surface area (Å²) in [5, 5.41) is 14.0. The van der Waals surface area contributed by atoms with Crippen LogP contribution in [0.2, 0.25) is 0 Å². The molecule has 1 fully saturated rings. The van der Waals surface area contributed by atoms with Crippen molar-refractivity contribution in [3.8, 4) is 11.3 Å². The van der Waals surface area contributed by atoms with Crippen molar-refractivity contribution in [1.29, 1.82) is 0 Å². The van der Waals surface area contributed by atoms with E-state index in [9.17, 15) is 9.59 Å². The molecule has 0 saturated carbocycles. The molecule has 2 aromatic carbocycles. The predicted molar refractivity (Wildman–Crippen MR) is 165 cm³/mol. The predicted octanol–water partition coefficient (Wildman–Crippen LogP) is 5.07. The Morgan fingerprint density at radius 1 is 0.976 bits per heavy atom. The van der Waals surface area contributed by atoms with Crippen LogP contribution in [0.4, 0.5) is 17.3 Å². The summed E-state index contributed by atoms with van der Waals surface area (Å²) >= 11 is 0. The van der Waals surface area contributed by atoms with Gasteiger partial charge in [-0.05, 0) is 67.6 Å². The first-order valence-corrected chi connectivity index (χ1v) is 13.9. The number of hydrogen-bond acceptors (Lipinski definition) is 8. The molecule has 0 unspecified atom stereocenters. The van der Waals surface area contributed by atoms with Crippen molar-refractivity contribution in [2.45, 2.75) is 26.8 Å². The number of carbonyl (C=O) groups excluding carboxylic acids is 1. The van der Waals surface area contributed by atoms with Crippen molar-refractivity contribution in [2.24, 2.45) is 0 Å². The van der Waals surface area contributed by atoms with Gasteiger partial charge in [-0.15, -0.1) is 0 Å². The molecule has 1 amide bonds. The van der Waals surface area contributed by atoms with Gasteiger partial charge >= 0.3 is 5.97 Å².